The molecular formula is C4H5N2S+. The van der Waals surface area contributed by atoms with Crippen LogP contribution in [0.3, 0.4) is 0 Å². The SMILES string of the molecule is S[n+]1cccnc1. The van der Waals surface area contributed by atoms with E-state index in [9.17, 15) is 0 Å². The predicted molar refractivity (Wildman–Crippen MR) is 28.8 cm³/mol. The van der Waals surface area contributed by atoms with E-state index in [4.69, 9.17) is 0 Å². The predicted octanol–water partition coefficient (Wildman–Crippen LogP) is 0.0620. The smallest absolute Gasteiger partial charge is 0.175 e. The summed E-state index contributed by atoms with van der Waals surface area (Å²) in [6.45, 7) is 0. The summed E-state index contributed by atoms with van der Waals surface area (Å²) < 4.78 is 1.58. The number of aromatic nitrogens is 2. The van der Waals surface area contributed by atoms with Gasteiger partial charge in [-0.05, 0) is 0 Å². The van der Waals surface area contributed by atoms with Crippen LogP contribution in [0, 0.1) is 0 Å². The largest absolute Gasteiger partial charge is 0.297 e. The third-order valence-corrected chi connectivity index (χ3v) is 0.833. The number of rotatable bonds is 0. The quantitative estimate of drug-likeness (QED) is 0.372. The molecule has 0 bridgehead atoms. The first-order valence-electron chi connectivity index (χ1n) is 1.90. The Labute approximate surface area is 47.4 Å². The van der Waals surface area contributed by atoms with Crippen LogP contribution in [0.5, 0.6) is 0 Å². The lowest BCUT2D eigenvalue weighted by Gasteiger charge is -1.75. The lowest BCUT2D eigenvalue weighted by Crippen LogP contribution is -2.18. The van der Waals surface area contributed by atoms with Gasteiger partial charge in [-0.15, -0.1) is 0 Å². The monoisotopic (exact) mass is 113 g/mol. The van der Waals surface area contributed by atoms with Crippen LogP contribution in [0.15, 0.2) is 24.8 Å². The Morgan fingerprint density at radius 1 is 1.57 bits per heavy atom. The summed E-state index contributed by atoms with van der Waals surface area (Å²) in [5.74, 6) is 0. The maximum absolute atomic E-state index is 3.94. The topological polar surface area (TPSA) is 16.8 Å². The molecule has 0 atom stereocenters. The zero-order valence-corrected chi connectivity index (χ0v) is 4.55. The van der Waals surface area contributed by atoms with Crippen LogP contribution in [-0.4, -0.2) is 4.98 Å². The Morgan fingerprint density at radius 3 is 2.71 bits per heavy atom. The lowest BCUT2D eigenvalue weighted by atomic mass is 10.7. The Balaban J connectivity index is 3.02. The fourth-order valence-electron chi connectivity index (χ4n) is 0.322. The van der Waals surface area contributed by atoms with Crippen molar-refractivity contribution in [1.82, 2.24) is 4.98 Å². The van der Waals surface area contributed by atoms with E-state index in [1.54, 1.807) is 22.7 Å². The van der Waals surface area contributed by atoms with Gasteiger partial charge in [-0.25, -0.2) is 0 Å². The highest BCUT2D eigenvalue weighted by molar-refractivity contribution is 7.73. The van der Waals surface area contributed by atoms with Crippen molar-refractivity contribution in [2.75, 3.05) is 0 Å². The van der Waals surface area contributed by atoms with E-state index in [0.29, 0.717) is 0 Å². The molecule has 2 nitrogen and oxygen atoms in total. The van der Waals surface area contributed by atoms with Gasteiger partial charge in [-0.3, -0.25) is 0 Å². The highest BCUT2D eigenvalue weighted by atomic mass is 32.1. The molecular weight excluding hydrogens is 108 g/mol. The fraction of sp³-hybridized carbons (Fsp3) is 0. The van der Waals surface area contributed by atoms with Crippen LogP contribution in [-0.2, 0) is 0 Å². The third-order valence-electron chi connectivity index (χ3n) is 0.596. The molecule has 0 aliphatic carbocycles. The summed E-state index contributed by atoms with van der Waals surface area (Å²) in [5.41, 5.74) is 0. The normalized spacial score (nSPS) is 8.71. The number of hydrogen-bond acceptors (Lipinski definition) is 2. The van der Waals surface area contributed by atoms with Crippen molar-refractivity contribution in [2.24, 2.45) is 0 Å². The molecule has 0 saturated heterocycles. The molecule has 1 aromatic heterocycles. The Kier molecular flexibility index (Phi) is 1.26. The average molecular weight is 113 g/mol. The molecule has 0 aromatic carbocycles. The highest BCUT2D eigenvalue weighted by Crippen LogP contribution is 1.68. The van der Waals surface area contributed by atoms with E-state index in [-0.39, 0.29) is 0 Å². The molecule has 3 heteroatoms. The molecule has 0 fully saturated rings. The lowest BCUT2D eigenvalue weighted by molar-refractivity contribution is -0.493. The van der Waals surface area contributed by atoms with Gasteiger partial charge < -0.3 is 0 Å². The van der Waals surface area contributed by atoms with Crippen molar-refractivity contribution in [2.45, 2.75) is 0 Å². The van der Waals surface area contributed by atoms with Crippen molar-refractivity contribution in [1.29, 1.82) is 0 Å². The summed E-state index contributed by atoms with van der Waals surface area (Å²) in [4.78, 5) is 3.77. The van der Waals surface area contributed by atoms with Gasteiger partial charge in [0.2, 0.25) is 0 Å². The van der Waals surface area contributed by atoms with Crippen LogP contribution in [0.4, 0.5) is 0 Å². The second-order valence-corrected chi connectivity index (χ2v) is 1.60. The van der Waals surface area contributed by atoms with Crippen molar-refractivity contribution < 1.29 is 3.97 Å². The maximum Gasteiger partial charge on any atom is 0.297 e. The van der Waals surface area contributed by atoms with Gasteiger partial charge in [0.1, 0.15) is 12.4 Å². The van der Waals surface area contributed by atoms with Crippen LogP contribution in [0.1, 0.15) is 0 Å². The molecule has 1 aromatic rings. The van der Waals surface area contributed by atoms with Crippen molar-refractivity contribution >= 4 is 12.8 Å². The standard InChI is InChI=1S/C4H5N2S/c7-6-3-1-2-5-4-6/h1-4,7H/q+1. The zero-order chi connectivity index (χ0) is 5.11. The molecule has 36 valence electrons. The van der Waals surface area contributed by atoms with Gasteiger partial charge in [0.05, 0.1) is 0 Å². The van der Waals surface area contributed by atoms with E-state index in [2.05, 4.69) is 17.8 Å². The van der Waals surface area contributed by atoms with Crippen molar-refractivity contribution in [3.63, 3.8) is 0 Å². The van der Waals surface area contributed by atoms with Gasteiger partial charge >= 0.3 is 0 Å². The van der Waals surface area contributed by atoms with Gasteiger partial charge in [-0.2, -0.15) is 3.97 Å². The van der Waals surface area contributed by atoms with E-state index in [1.807, 2.05) is 6.07 Å². The summed E-state index contributed by atoms with van der Waals surface area (Å²) >= 11 is 3.94. The van der Waals surface area contributed by atoms with E-state index >= 15 is 0 Å². The van der Waals surface area contributed by atoms with Crippen LogP contribution < -0.4 is 3.97 Å². The van der Waals surface area contributed by atoms with E-state index in [1.165, 1.54) is 0 Å². The molecule has 1 heterocycles. The van der Waals surface area contributed by atoms with E-state index < -0.39 is 0 Å². The second kappa shape index (κ2) is 1.93. The Hall–Kier alpha value is -0.570. The van der Waals surface area contributed by atoms with Crippen LogP contribution in [0.2, 0.25) is 0 Å². The maximum atomic E-state index is 3.94. The third kappa shape index (κ3) is 1.16. The van der Waals surface area contributed by atoms with Crippen molar-refractivity contribution in [3.8, 4) is 0 Å². The van der Waals surface area contributed by atoms with Gasteiger partial charge in [0.25, 0.3) is 6.33 Å². The fourth-order valence-corrected chi connectivity index (χ4v) is 0.458. The Bertz CT molecular complexity index is 140. The molecule has 0 radical (unpaired) electrons. The summed E-state index contributed by atoms with van der Waals surface area (Å²) in [6.07, 6.45) is 5.12. The number of nitrogens with zero attached hydrogens (tertiary/aromatic N) is 2. The van der Waals surface area contributed by atoms with Crippen molar-refractivity contribution in [3.05, 3.63) is 24.8 Å². The molecule has 0 aliphatic heterocycles. The van der Waals surface area contributed by atoms with Crippen LogP contribution in [0.25, 0.3) is 0 Å². The van der Waals surface area contributed by atoms with Gasteiger partial charge in [-0.1, -0.05) is 4.98 Å². The summed E-state index contributed by atoms with van der Waals surface area (Å²) in [5, 5.41) is 0. The summed E-state index contributed by atoms with van der Waals surface area (Å²) in [7, 11) is 0. The minimum Gasteiger partial charge on any atom is -0.175 e. The number of hydrogen-bond donors (Lipinski definition) is 1. The van der Waals surface area contributed by atoms with Crippen LogP contribution >= 0.6 is 12.8 Å². The second-order valence-electron chi connectivity index (χ2n) is 1.14. The molecule has 0 amide bonds. The molecule has 0 saturated carbocycles. The zero-order valence-electron chi connectivity index (χ0n) is 3.65. The van der Waals surface area contributed by atoms with Gasteiger partial charge in [0, 0.05) is 18.9 Å². The molecule has 0 aliphatic rings. The minimum atomic E-state index is 1.58. The summed E-state index contributed by atoms with van der Waals surface area (Å²) in [6, 6.07) is 1.81. The molecule has 0 spiro atoms. The van der Waals surface area contributed by atoms with E-state index in [0.717, 1.165) is 0 Å². The average Bonchev–Trinajstić information content (AvgIpc) is 1.69. The van der Waals surface area contributed by atoms with Gasteiger partial charge in [0.15, 0.2) is 0 Å². The minimum absolute atomic E-state index is 1.58. The first-order valence-corrected chi connectivity index (χ1v) is 2.30. The number of thiol groups is 1. The molecule has 0 N–H and O–H groups in total. The first kappa shape index (κ1) is 4.59. The highest BCUT2D eigenvalue weighted by Gasteiger charge is 1.81. The Morgan fingerprint density at radius 2 is 2.43 bits per heavy atom. The molecule has 1 rings (SSSR count). The first-order chi connectivity index (χ1) is 3.39. The molecule has 0 unspecified atom stereocenters. The molecule has 7 heavy (non-hydrogen) atoms.